The molecular formula is C19H29N3O3. The normalized spacial score (nSPS) is 22.1. The molecule has 0 spiro atoms. The van der Waals surface area contributed by atoms with Crippen molar-refractivity contribution in [3.63, 3.8) is 0 Å². The van der Waals surface area contributed by atoms with Gasteiger partial charge in [-0.2, -0.15) is 0 Å². The van der Waals surface area contributed by atoms with Gasteiger partial charge in [0.15, 0.2) is 0 Å². The van der Waals surface area contributed by atoms with Crippen molar-refractivity contribution in [2.24, 2.45) is 0 Å². The van der Waals surface area contributed by atoms with Crippen LogP contribution in [0.5, 0.6) is 0 Å². The van der Waals surface area contributed by atoms with Crippen LogP contribution in [-0.2, 0) is 16.1 Å². The number of hydrogen-bond donors (Lipinski definition) is 0. The number of amides is 1. The first kappa shape index (κ1) is 18.1. The number of nitrogens with zero attached hydrogens (tertiary/aromatic N) is 3. The molecule has 138 valence electrons. The maximum atomic E-state index is 12.4. The van der Waals surface area contributed by atoms with Crippen molar-refractivity contribution in [2.45, 2.75) is 52.1 Å². The van der Waals surface area contributed by atoms with Crippen LogP contribution in [0.1, 0.15) is 42.7 Å². The molecule has 6 heteroatoms. The molecule has 1 aromatic rings. The van der Waals surface area contributed by atoms with Gasteiger partial charge in [0.05, 0.1) is 11.7 Å². The summed E-state index contributed by atoms with van der Waals surface area (Å²) in [6.07, 6.45) is 6.69. The lowest BCUT2D eigenvalue weighted by Gasteiger charge is -2.40. The number of carbonyl (C=O) groups is 1. The standard InChI is InChI=1S/C19H29N3O3/c1-14-17(15(2)25-20-14)12-21-9-6-7-16(11-21)18-8-4-5-10-22(18)19(23)13-24-3/h7,18H,4-6,8-13H2,1-3H3/t18-/m0/s1. The van der Waals surface area contributed by atoms with Gasteiger partial charge in [-0.05, 0) is 45.1 Å². The predicted molar refractivity (Wildman–Crippen MR) is 95.2 cm³/mol. The van der Waals surface area contributed by atoms with Gasteiger partial charge in [0.25, 0.3) is 0 Å². The number of carbonyl (C=O) groups excluding carboxylic acids is 1. The van der Waals surface area contributed by atoms with Crippen molar-refractivity contribution in [3.05, 3.63) is 28.7 Å². The molecule has 1 atom stereocenters. The van der Waals surface area contributed by atoms with E-state index in [0.717, 1.165) is 56.9 Å². The SMILES string of the molecule is COCC(=O)N1CCCC[C@H]1C1=CCCN(Cc2c(C)noc2C)C1. The molecule has 1 saturated heterocycles. The molecule has 0 N–H and O–H groups in total. The number of ether oxygens (including phenoxy) is 1. The van der Waals surface area contributed by atoms with Gasteiger partial charge in [-0.1, -0.05) is 11.2 Å². The summed E-state index contributed by atoms with van der Waals surface area (Å²) < 4.78 is 10.4. The molecular weight excluding hydrogens is 318 g/mol. The Morgan fingerprint density at radius 1 is 1.36 bits per heavy atom. The monoisotopic (exact) mass is 347 g/mol. The summed E-state index contributed by atoms with van der Waals surface area (Å²) >= 11 is 0. The topological polar surface area (TPSA) is 58.8 Å². The van der Waals surface area contributed by atoms with Gasteiger partial charge in [0.1, 0.15) is 12.4 Å². The van der Waals surface area contributed by atoms with Crippen molar-refractivity contribution in [1.29, 1.82) is 0 Å². The Morgan fingerprint density at radius 3 is 2.92 bits per heavy atom. The van der Waals surface area contributed by atoms with Crippen LogP contribution < -0.4 is 0 Å². The number of rotatable bonds is 5. The van der Waals surface area contributed by atoms with E-state index >= 15 is 0 Å². The highest BCUT2D eigenvalue weighted by atomic mass is 16.5. The van der Waals surface area contributed by atoms with Crippen LogP contribution in [0, 0.1) is 13.8 Å². The van der Waals surface area contributed by atoms with Gasteiger partial charge in [0, 0.05) is 38.9 Å². The fourth-order valence-electron chi connectivity index (χ4n) is 3.98. The first-order chi connectivity index (χ1) is 12.1. The number of piperidine rings is 1. The Morgan fingerprint density at radius 2 is 2.20 bits per heavy atom. The van der Waals surface area contributed by atoms with Crippen LogP contribution in [0.25, 0.3) is 0 Å². The molecule has 0 bridgehead atoms. The lowest BCUT2D eigenvalue weighted by Crippen LogP contribution is -2.48. The van der Waals surface area contributed by atoms with Crippen LogP contribution in [0.2, 0.25) is 0 Å². The molecule has 2 aliphatic rings. The van der Waals surface area contributed by atoms with Gasteiger partial charge in [-0.15, -0.1) is 0 Å². The zero-order chi connectivity index (χ0) is 17.8. The van der Waals surface area contributed by atoms with Crippen LogP contribution in [-0.4, -0.2) is 60.3 Å². The maximum Gasteiger partial charge on any atom is 0.249 e. The Balaban J connectivity index is 1.69. The number of aryl methyl sites for hydroxylation is 2. The van der Waals surface area contributed by atoms with Crippen molar-refractivity contribution >= 4 is 5.91 Å². The average molecular weight is 347 g/mol. The molecule has 25 heavy (non-hydrogen) atoms. The van der Waals surface area contributed by atoms with Gasteiger partial charge >= 0.3 is 0 Å². The van der Waals surface area contributed by atoms with E-state index in [4.69, 9.17) is 9.26 Å². The minimum atomic E-state index is 0.107. The molecule has 0 radical (unpaired) electrons. The molecule has 1 amide bonds. The van der Waals surface area contributed by atoms with Gasteiger partial charge in [0.2, 0.25) is 5.91 Å². The summed E-state index contributed by atoms with van der Waals surface area (Å²) in [6.45, 7) is 7.79. The highest BCUT2D eigenvalue weighted by Gasteiger charge is 2.31. The number of methoxy groups -OCH3 is 1. The average Bonchev–Trinajstić information content (AvgIpc) is 2.94. The first-order valence-corrected chi connectivity index (χ1v) is 9.21. The van der Waals surface area contributed by atoms with E-state index in [2.05, 4.69) is 16.1 Å². The minimum Gasteiger partial charge on any atom is -0.375 e. The second kappa shape index (κ2) is 8.15. The molecule has 3 heterocycles. The Kier molecular flexibility index (Phi) is 5.91. The summed E-state index contributed by atoms with van der Waals surface area (Å²) in [5, 5.41) is 4.06. The van der Waals surface area contributed by atoms with Crippen LogP contribution in [0.3, 0.4) is 0 Å². The van der Waals surface area contributed by atoms with E-state index in [0.29, 0.717) is 0 Å². The first-order valence-electron chi connectivity index (χ1n) is 9.21. The third kappa shape index (κ3) is 4.12. The Labute approximate surface area is 149 Å². The minimum absolute atomic E-state index is 0.107. The summed E-state index contributed by atoms with van der Waals surface area (Å²) in [5.41, 5.74) is 3.54. The van der Waals surface area contributed by atoms with E-state index in [1.807, 2.05) is 18.7 Å². The van der Waals surface area contributed by atoms with E-state index in [1.54, 1.807) is 7.11 Å². The van der Waals surface area contributed by atoms with Crippen LogP contribution >= 0.6 is 0 Å². The zero-order valence-corrected chi connectivity index (χ0v) is 15.6. The van der Waals surface area contributed by atoms with E-state index in [-0.39, 0.29) is 18.6 Å². The van der Waals surface area contributed by atoms with E-state index in [1.165, 1.54) is 17.6 Å². The highest BCUT2D eigenvalue weighted by molar-refractivity contribution is 5.78. The molecule has 0 saturated carbocycles. The van der Waals surface area contributed by atoms with Crippen LogP contribution in [0.15, 0.2) is 16.2 Å². The zero-order valence-electron chi connectivity index (χ0n) is 15.6. The number of hydrogen-bond acceptors (Lipinski definition) is 5. The van der Waals surface area contributed by atoms with Gasteiger partial charge < -0.3 is 14.2 Å². The third-order valence-corrected chi connectivity index (χ3v) is 5.34. The molecule has 0 aromatic carbocycles. The molecule has 0 aliphatic carbocycles. The smallest absolute Gasteiger partial charge is 0.249 e. The lowest BCUT2D eigenvalue weighted by molar-refractivity contribution is -0.138. The summed E-state index contributed by atoms with van der Waals surface area (Å²) in [7, 11) is 1.59. The second-order valence-corrected chi connectivity index (χ2v) is 7.11. The maximum absolute atomic E-state index is 12.4. The van der Waals surface area contributed by atoms with Crippen molar-refractivity contribution in [2.75, 3.05) is 33.4 Å². The summed E-state index contributed by atoms with van der Waals surface area (Å²) in [4.78, 5) is 16.9. The number of likely N-dealkylation sites (tertiary alicyclic amines) is 1. The largest absolute Gasteiger partial charge is 0.375 e. The summed E-state index contributed by atoms with van der Waals surface area (Å²) in [6, 6.07) is 0.226. The van der Waals surface area contributed by atoms with Crippen LogP contribution in [0.4, 0.5) is 0 Å². The van der Waals surface area contributed by atoms with E-state index < -0.39 is 0 Å². The third-order valence-electron chi connectivity index (χ3n) is 5.34. The Hall–Kier alpha value is -1.66. The lowest BCUT2D eigenvalue weighted by atomic mass is 9.92. The van der Waals surface area contributed by atoms with E-state index in [9.17, 15) is 4.79 Å². The second-order valence-electron chi connectivity index (χ2n) is 7.11. The number of aromatic nitrogens is 1. The fourth-order valence-corrected chi connectivity index (χ4v) is 3.98. The van der Waals surface area contributed by atoms with Crippen molar-refractivity contribution < 1.29 is 14.1 Å². The molecule has 1 aromatic heterocycles. The van der Waals surface area contributed by atoms with Crippen molar-refractivity contribution in [1.82, 2.24) is 15.0 Å². The highest BCUT2D eigenvalue weighted by Crippen LogP contribution is 2.27. The molecule has 0 unspecified atom stereocenters. The quantitative estimate of drug-likeness (QED) is 0.766. The molecule has 1 fully saturated rings. The fraction of sp³-hybridized carbons (Fsp3) is 0.684. The van der Waals surface area contributed by atoms with Crippen molar-refractivity contribution in [3.8, 4) is 0 Å². The Bertz CT molecular complexity index is 618. The predicted octanol–water partition coefficient (Wildman–Crippen LogP) is 2.45. The molecule has 6 nitrogen and oxygen atoms in total. The molecule has 3 rings (SSSR count). The van der Waals surface area contributed by atoms with Gasteiger partial charge in [-0.25, -0.2) is 0 Å². The van der Waals surface area contributed by atoms with Gasteiger partial charge in [-0.3, -0.25) is 9.69 Å². The summed E-state index contributed by atoms with van der Waals surface area (Å²) in [5.74, 6) is 1.01. The molecule has 2 aliphatic heterocycles.